The first-order valence-corrected chi connectivity index (χ1v) is 12.8. The minimum Gasteiger partial charge on any atom is -0.352 e. The molecule has 4 rings (SSSR count). The number of carbonyl (C=O) groups is 2. The molecule has 4 nitrogen and oxygen atoms in total. The van der Waals surface area contributed by atoms with Crippen LogP contribution in [0.3, 0.4) is 0 Å². The molecule has 4 heteroatoms. The summed E-state index contributed by atoms with van der Waals surface area (Å²) in [6.07, 6.45) is 5.87. The molecule has 35 heavy (non-hydrogen) atoms. The van der Waals surface area contributed by atoms with Crippen molar-refractivity contribution in [2.24, 2.45) is 0 Å². The van der Waals surface area contributed by atoms with Gasteiger partial charge in [-0.15, -0.1) is 0 Å². The van der Waals surface area contributed by atoms with E-state index in [2.05, 4.69) is 24.4 Å². The van der Waals surface area contributed by atoms with Crippen LogP contribution in [-0.2, 0) is 29.0 Å². The molecule has 3 aromatic carbocycles. The monoisotopic (exact) mass is 468 g/mol. The number of carbonyl (C=O) groups excluding carboxylic acids is 2. The summed E-state index contributed by atoms with van der Waals surface area (Å²) in [5, 5.41) is 3.28. The second kappa shape index (κ2) is 12.3. The Balaban J connectivity index is 1.61. The molecule has 0 aromatic heterocycles. The Labute approximate surface area is 209 Å². The predicted octanol–water partition coefficient (Wildman–Crippen LogP) is 5.63. The van der Waals surface area contributed by atoms with Crippen molar-refractivity contribution in [1.29, 1.82) is 0 Å². The first kappa shape index (κ1) is 24.7. The zero-order valence-corrected chi connectivity index (χ0v) is 20.7. The largest absolute Gasteiger partial charge is 0.352 e. The van der Waals surface area contributed by atoms with E-state index in [1.54, 1.807) is 0 Å². The topological polar surface area (TPSA) is 49.4 Å². The van der Waals surface area contributed by atoms with Crippen molar-refractivity contribution < 1.29 is 9.59 Å². The van der Waals surface area contributed by atoms with Gasteiger partial charge in [-0.25, -0.2) is 0 Å². The van der Waals surface area contributed by atoms with Crippen LogP contribution in [0.15, 0.2) is 84.9 Å². The molecule has 0 heterocycles. The number of aryl methyl sites for hydroxylation is 2. The Morgan fingerprint density at radius 2 is 1.46 bits per heavy atom. The average Bonchev–Trinajstić information content (AvgIpc) is 3.40. The first-order chi connectivity index (χ1) is 17.1. The highest BCUT2D eigenvalue weighted by Gasteiger charge is 2.32. The Morgan fingerprint density at radius 1 is 0.857 bits per heavy atom. The fourth-order valence-electron chi connectivity index (χ4n) is 4.93. The molecule has 0 aliphatic heterocycles. The van der Waals surface area contributed by atoms with Gasteiger partial charge in [0, 0.05) is 25.4 Å². The smallest absolute Gasteiger partial charge is 0.243 e. The molecule has 1 aliphatic carbocycles. The molecule has 0 bridgehead atoms. The highest BCUT2D eigenvalue weighted by molar-refractivity contribution is 5.88. The van der Waals surface area contributed by atoms with Gasteiger partial charge in [-0.05, 0) is 48.4 Å². The maximum Gasteiger partial charge on any atom is 0.243 e. The van der Waals surface area contributed by atoms with Gasteiger partial charge in [-0.3, -0.25) is 9.59 Å². The number of amides is 2. The van der Waals surface area contributed by atoms with Crippen molar-refractivity contribution in [2.45, 2.75) is 70.5 Å². The summed E-state index contributed by atoms with van der Waals surface area (Å²) in [7, 11) is 0. The minimum absolute atomic E-state index is 0.0135. The normalized spacial score (nSPS) is 14.4. The molecular weight excluding hydrogens is 432 g/mol. The highest BCUT2D eigenvalue weighted by Crippen LogP contribution is 2.21. The Morgan fingerprint density at radius 3 is 2.11 bits per heavy atom. The van der Waals surface area contributed by atoms with Gasteiger partial charge in [0.25, 0.3) is 0 Å². The van der Waals surface area contributed by atoms with Gasteiger partial charge in [0.1, 0.15) is 6.04 Å². The molecule has 1 fully saturated rings. The van der Waals surface area contributed by atoms with Crippen LogP contribution in [0.1, 0.15) is 54.4 Å². The third-order valence-corrected chi connectivity index (χ3v) is 7.04. The lowest BCUT2D eigenvalue weighted by molar-refractivity contribution is -0.141. The second-order valence-electron chi connectivity index (χ2n) is 9.63. The zero-order chi connectivity index (χ0) is 24.5. The predicted molar refractivity (Wildman–Crippen MR) is 141 cm³/mol. The third-order valence-electron chi connectivity index (χ3n) is 7.04. The highest BCUT2D eigenvalue weighted by atomic mass is 16.2. The molecule has 1 saturated carbocycles. The van der Waals surface area contributed by atoms with E-state index in [0.717, 1.165) is 47.9 Å². The van der Waals surface area contributed by atoms with Gasteiger partial charge < -0.3 is 10.2 Å². The molecule has 0 spiro atoms. The lowest BCUT2D eigenvalue weighted by atomic mass is 10.00. The number of hydrogen-bond donors (Lipinski definition) is 1. The first-order valence-electron chi connectivity index (χ1n) is 12.8. The summed E-state index contributed by atoms with van der Waals surface area (Å²) < 4.78 is 0. The summed E-state index contributed by atoms with van der Waals surface area (Å²) in [4.78, 5) is 29.3. The standard InChI is InChI=1S/C31H36N2O2/c1-24-12-8-9-17-27(24)23-33(30(34)21-20-25-13-4-2-5-14-25)29(22-26-15-6-3-7-16-26)31(35)32-28-18-10-11-19-28/h2-9,12-17,28-29H,10-11,18-23H2,1H3,(H,32,35). The van der Waals surface area contributed by atoms with Crippen molar-refractivity contribution in [2.75, 3.05) is 0 Å². The lowest BCUT2D eigenvalue weighted by Crippen LogP contribution is -2.52. The van der Waals surface area contributed by atoms with Crippen molar-refractivity contribution >= 4 is 11.8 Å². The number of nitrogens with one attached hydrogen (secondary N) is 1. The average molecular weight is 469 g/mol. The summed E-state index contributed by atoms with van der Waals surface area (Å²) in [6.45, 7) is 2.49. The van der Waals surface area contributed by atoms with Crippen LogP contribution < -0.4 is 5.32 Å². The molecule has 1 unspecified atom stereocenters. The van der Waals surface area contributed by atoms with E-state index < -0.39 is 6.04 Å². The quantitative estimate of drug-likeness (QED) is 0.419. The van der Waals surface area contributed by atoms with Gasteiger partial charge in [0.05, 0.1) is 0 Å². The van der Waals surface area contributed by atoms with E-state index in [4.69, 9.17) is 0 Å². The van der Waals surface area contributed by atoms with E-state index in [-0.39, 0.29) is 17.9 Å². The van der Waals surface area contributed by atoms with E-state index in [1.165, 1.54) is 0 Å². The Hall–Kier alpha value is -3.40. The van der Waals surface area contributed by atoms with Gasteiger partial charge in [0.2, 0.25) is 11.8 Å². The number of benzene rings is 3. The summed E-state index contributed by atoms with van der Waals surface area (Å²) >= 11 is 0. The maximum absolute atomic E-state index is 13.8. The molecule has 0 saturated heterocycles. The second-order valence-corrected chi connectivity index (χ2v) is 9.63. The zero-order valence-electron chi connectivity index (χ0n) is 20.7. The van der Waals surface area contributed by atoms with Crippen LogP contribution in [0.4, 0.5) is 0 Å². The van der Waals surface area contributed by atoms with Crippen molar-refractivity contribution in [1.82, 2.24) is 10.2 Å². The van der Waals surface area contributed by atoms with E-state index in [1.807, 2.05) is 77.7 Å². The molecule has 1 aliphatic rings. The summed E-state index contributed by atoms with van der Waals surface area (Å²) in [5.41, 5.74) is 4.40. The van der Waals surface area contributed by atoms with Crippen LogP contribution in [-0.4, -0.2) is 28.8 Å². The number of hydrogen-bond acceptors (Lipinski definition) is 2. The van der Waals surface area contributed by atoms with Gasteiger partial charge >= 0.3 is 0 Å². The van der Waals surface area contributed by atoms with Crippen LogP contribution in [0.2, 0.25) is 0 Å². The van der Waals surface area contributed by atoms with Crippen LogP contribution >= 0.6 is 0 Å². The van der Waals surface area contributed by atoms with Gasteiger partial charge in [-0.2, -0.15) is 0 Å². The molecule has 0 radical (unpaired) electrons. The van der Waals surface area contributed by atoms with Crippen molar-refractivity contribution in [3.8, 4) is 0 Å². The van der Waals surface area contributed by atoms with E-state index in [9.17, 15) is 9.59 Å². The molecule has 3 aromatic rings. The minimum atomic E-state index is -0.555. The number of nitrogens with zero attached hydrogens (tertiary/aromatic N) is 1. The molecule has 1 N–H and O–H groups in total. The fraction of sp³-hybridized carbons (Fsp3) is 0.355. The Kier molecular flexibility index (Phi) is 8.72. The lowest BCUT2D eigenvalue weighted by Gasteiger charge is -2.33. The molecule has 2 amide bonds. The third kappa shape index (κ3) is 7.05. The van der Waals surface area contributed by atoms with E-state index >= 15 is 0 Å². The van der Waals surface area contributed by atoms with Gasteiger partial charge in [0.15, 0.2) is 0 Å². The van der Waals surface area contributed by atoms with Gasteiger partial charge in [-0.1, -0.05) is 97.8 Å². The van der Waals surface area contributed by atoms with Crippen LogP contribution in [0.25, 0.3) is 0 Å². The molecule has 182 valence electrons. The molecule has 1 atom stereocenters. The van der Waals surface area contributed by atoms with Crippen LogP contribution in [0.5, 0.6) is 0 Å². The summed E-state index contributed by atoms with van der Waals surface area (Å²) in [5.74, 6) is -0.0259. The summed E-state index contributed by atoms with van der Waals surface area (Å²) in [6, 6.07) is 27.9. The fourth-order valence-corrected chi connectivity index (χ4v) is 4.93. The molecular formula is C31H36N2O2. The number of rotatable bonds is 10. The Bertz CT molecular complexity index is 1090. The van der Waals surface area contributed by atoms with Crippen molar-refractivity contribution in [3.05, 3.63) is 107 Å². The SMILES string of the molecule is Cc1ccccc1CN(C(=O)CCc1ccccc1)C(Cc1ccccc1)C(=O)NC1CCCC1. The van der Waals surface area contributed by atoms with Crippen LogP contribution in [0, 0.1) is 6.92 Å². The maximum atomic E-state index is 13.8. The van der Waals surface area contributed by atoms with Crippen molar-refractivity contribution in [3.63, 3.8) is 0 Å². The van der Waals surface area contributed by atoms with E-state index in [0.29, 0.717) is 25.8 Å².